The highest BCUT2D eigenvalue weighted by Gasteiger charge is 2.25. The number of allylic oxidation sites excluding steroid dienone is 9. The summed E-state index contributed by atoms with van der Waals surface area (Å²) in [4.78, 5) is 27.5. The number of aliphatic hydroxyl groups is 1. The number of carbonyl (C=O) groups excluding carboxylic acids is 1. The minimum atomic E-state index is -0.680. The molecule has 1 heterocycles. The first-order chi connectivity index (χ1) is 23.3. The lowest BCUT2D eigenvalue weighted by Crippen LogP contribution is -2.17. The third-order valence-electron chi connectivity index (χ3n) is 8.49. The topological polar surface area (TPSA) is 128 Å². The highest BCUT2D eigenvalue weighted by Crippen LogP contribution is 2.33. The summed E-state index contributed by atoms with van der Waals surface area (Å²) in [7, 11) is 0. The zero-order valence-corrected chi connectivity index (χ0v) is 29.9. The third kappa shape index (κ3) is 11.8. The number of hydrogen-bond acceptors (Lipinski definition) is 7. The molecule has 0 aliphatic carbocycles. The highest BCUT2D eigenvalue weighted by molar-refractivity contribution is 6.18. The van der Waals surface area contributed by atoms with Crippen LogP contribution in [0.15, 0.2) is 97.8 Å². The number of ketones is 1. The molecule has 2 aromatic carbocycles. The molecule has 4 N–H and O–H groups in total. The van der Waals surface area contributed by atoms with E-state index in [0.717, 1.165) is 49.3 Å². The average molecular weight is 669 g/mol. The van der Waals surface area contributed by atoms with Crippen LogP contribution in [0.4, 0.5) is 0 Å². The van der Waals surface area contributed by atoms with Crippen LogP contribution in [0.25, 0.3) is 11.0 Å². The van der Waals surface area contributed by atoms with Crippen molar-refractivity contribution in [1.29, 1.82) is 0 Å². The van der Waals surface area contributed by atoms with Crippen LogP contribution in [0.5, 0.6) is 17.2 Å². The Kier molecular flexibility index (Phi) is 14.9. The number of aliphatic hydroxyl groups excluding tert-OH is 1. The Labute approximate surface area is 290 Å². The van der Waals surface area contributed by atoms with Gasteiger partial charge in [-0.25, -0.2) is 4.79 Å². The smallest absolute Gasteiger partial charge is 0.340 e. The van der Waals surface area contributed by atoms with Crippen LogP contribution in [0.1, 0.15) is 114 Å². The van der Waals surface area contributed by atoms with Crippen molar-refractivity contribution in [3.05, 3.63) is 121 Å². The Morgan fingerprint density at radius 3 is 1.96 bits per heavy atom. The van der Waals surface area contributed by atoms with E-state index in [2.05, 4.69) is 52.8 Å². The van der Waals surface area contributed by atoms with Crippen molar-refractivity contribution in [1.82, 2.24) is 0 Å². The molecular formula is C42H52O7. The lowest BCUT2D eigenvalue weighted by atomic mass is 9.92. The molecule has 7 heteroatoms. The van der Waals surface area contributed by atoms with E-state index >= 15 is 0 Å². The van der Waals surface area contributed by atoms with Gasteiger partial charge in [0.1, 0.15) is 22.8 Å². The fraction of sp³-hybridized carbons (Fsp3) is 0.381. The molecule has 7 nitrogen and oxygen atoms in total. The summed E-state index contributed by atoms with van der Waals surface area (Å²) in [5.41, 5.74) is 5.72. The second-order valence-electron chi connectivity index (χ2n) is 13.3. The summed E-state index contributed by atoms with van der Waals surface area (Å²) < 4.78 is 5.75. The molecule has 0 saturated carbocycles. The van der Waals surface area contributed by atoms with E-state index in [1.807, 2.05) is 19.1 Å². The summed E-state index contributed by atoms with van der Waals surface area (Å²) in [6, 6.07) is 6.60. The average Bonchev–Trinajstić information content (AvgIpc) is 3.03. The first kappa shape index (κ1) is 38.8. The predicted molar refractivity (Wildman–Crippen MR) is 199 cm³/mol. The molecule has 1 aromatic heterocycles. The number of hydrogen-bond donors (Lipinski definition) is 4. The molecule has 0 unspecified atom stereocenters. The van der Waals surface area contributed by atoms with Gasteiger partial charge in [0.15, 0.2) is 5.78 Å². The molecule has 49 heavy (non-hydrogen) atoms. The van der Waals surface area contributed by atoms with E-state index in [-0.39, 0.29) is 64.4 Å². The Morgan fingerprint density at radius 2 is 1.35 bits per heavy atom. The summed E-state index contributed by atoms with van der Waals surface area (Å²) in [5.74, 6) is -1.31. The number of carbonyl (C=O) groups is 1. The molecule has 0 atom stereocenters. The van der Waals surface area contributed by atoms with E-state index in [1.54, 1.807) is 6.07 Å². The Morgan fingerprint density at radius 1 is 0.735 bits per heavy atom. The molecule has 3 rings (SSSR count). The molecule has 0 fully saturated rings. The molecule has 262 valence electrons. The fourth-order valence-electron chi connectivity index (χ4n) is 5.65. The van der Waals surface area contributed by atoms with E-state index in [9.17, 15) is 30.0 Å². The summed E-state index contributed by atoms with van der Waals surface area (Å²) in [5, 5.41) is 42.0. The Hall–Kier alpha value is -4.62. The van der Waals surface area contributed by atoms with Gasteiger partial charge in [-0.05, 0) is 135 Å². The van der Waals surface area contributed by atoms with Gasteiger partial charge in [-0.1, -0.05) is 52.7 Å². The van der Waals surface area contributed by atoms with Gasteiger partial charge in [0.25, 0.3) is 0 Å². The van der Waals surface area contributed by atoms with Crippen LogP contribution in [0.2, 0.25) is 0 Å². The number of benzene rings is 2. The number of phenols is 3. The van der Waals surface area contributed by atoms with Crippen LogP contribution in [-0.4, -0.2) is 32.8 Å². The Bertz CT molecular complexity index is 1840. The number of rotatable bonds is 17. The summed E-state index contributed by atoms with van der Waals surface area (Å²) in [6.07, 6.45) is 16.7. The van der Waals surface area contributed by atoms with Crippen molar-refractivity contribution in [2.45, 2.75) is 99.3 Å². The molecule has 0 aliphatic heterocycles. The zero-order valence-electron chi connectivity index (χ0n) is 29.9. The molecule has 0 radical (unpaired) electrons. The van der Waals surface area contributed by atoms with Gasteiger partial charge in [-0.3, -0.25) is 4.79 Å². The maximum Gasteiger partial charge on any atom is 0.340 e. The number of phenolic OH excluding ortho intramolecular Hbond substituents is 3. The normalized spacial score (nSPS) is 12.3. The second kappa shape index (κ2) is 18.8. The monoisotopic (exact) mass is 668 g/mol. The minimum absolute atomic E-state index is 0.0166. The maximum atomic E-state index is 14.0. The standard InChI is InChI=1S/C42H52O7/c1-27(2)11-7-13-29(5)15-9-17-31(26-43)19-20-32-23-39-36(25-38(32)46)40(41(47)35-24-33(44)21-22-37(35)45)34(42(48)49-39)18-10-16-30(6)14-8-12-28(3)4/h11-12,15-16,19,21-25,43-46H,7-10,13-14,17-18,20,26H2,1-6H3/b29-15+,30-16+,31-19-. The molecule has 0 bridgehead atoms. The van der Waals surface area contributed by atoms with E-state index in [4.69, 9.17) is 4.42 Å². The van der Waals surface area contributed by atoms with Crippen molar-refractivity contribution in [3.8, 4) is 17.2 Å². The van der Waals surface area contributed by atoms with Gasteiger partial charge in [0.2, 0.25) is 0 Å². The third-order valence-corrected chi connectivity index (χ3v) is 8.49. The van der Waals surface area contributed by atoms with E-state index < -0.39 is 11.4 Å². The van der Waals surface area contributed by atoms with Gasteiger partial charge in [0.05, 0.1) is 12.2 Å². The lowest BCUT2D eigenvalue weighted by Gasteiger charge is -2.14. The maximum absolute atomic E-state index is 14.0. The fourth-order valence-corrected chi connectivity index (χ4v) is 5.65. The van der Waals surface area contributed by atoms with Crippen LogP contribution in [-0.2, 0) is 12.8 Å². The van der Waals surface area contributed by atoms with Gasteiger partial charge in [-0.2, -0.15) is 0 Å². The molecule has 0 spiro atoms. The second-order valence-corrected chi connectivity index (χ2v) is 13.3. The predicted octanol–water partition coefficient (Wildman–Crippen LogP) is 9.70. The Balaban J connectivity index is 1.96. The van der Waals surface area contributed by atoms with Crippen LogP contribution >= 0.6 is 0 Å². The van der Waals surface area contributed by atoms with Crippen LogP contribution < -0.4 is 5.63 Å². The molecule has 0 saturated heterocycles. The number of aromatic hydroxyl groups is 3. The van der Waals surface area contributed by atoms with Crippen LogP contribution in [0, 0.1) is 0 Å². The lowest BCUT2D eigenvalue weighted by molar-refractivity contribution is 0.103. The molecule has 0 aliphatic rings. The van der Waals surface area contributed by atoms with Crippen molar-refractivity contribution in [3.63, 3.8) is 0 Å². The van der Waals surface area contributed by atoms with Gasteiger partial charge < -0.3 is 24.8 Å². The van der Waals surface area contributed by atoms with E-state index in [0.29, 0.717) is 18.4 Å². The highest BCUT2D eigenvalue weighted by atomic mass is 16.4. The summed E-state index contributed by atoms with van der Waals surface area (Å²) >= 11 is 0. The van der Waals surface area contributed by atoms with Crippen LogP contribution in [0.3, 0.4) is 0 Å². The first-order valence-corrected chi connectivity index (χ1v) is 17.1. The molecular weight excluding hydrogens is 616 g/mol. The van der Waals surface area contributed by atoms with Gasteiger partial charge >= 0.3 is 5.63 Å². The SMILES string of the molecule is CC(C)=CCC/C(C)=C/CC/C(=C/Cc1cc2oc(=O)c(CC/C=C(\C)CCC=C(C)C)c(C(=O)c3cc(O)ccc3O)c2cc1O)CO. The van der Waals surface area contributed by atoms with Gasteiger partial charge in [-0.15, -0.1) is 0 Å². The van der Waals surface area contributed by atoms with Crippen molar-refractivity contribution < 1.29 is 29.6 Å². The first-order valence-electron chi connectivity index (χ1n) is 17.1. The quantitative estimate of drug-likeness (QED) is 0.0488. The number of fused-ring (bicyclic) bond motifs is 1. The summed E-state index contributed by atoms with van der Waals surface area (Å²) in [6.45, 7) is 12.3. The molecule has 0 amide bonds. The zero-order chi connectivity index (χ0) is 36.1. The van der Waals surface area contributed by atoms with Gasteiger partial charge in [0, 0.05) is 22.1 Å². The minimum Gasteiger partial charge on any atom is -0.508 e. The van der Waals surface area contributed by atoms with E-state index in [1.165, 1.54) is 34.9 Å². The molecule has 3 aromatic rings. The largest absolute Gasteiger partial charge is 0.508 e. The van der Waals surface area contributed by atoms with Crippen molar-refractivity contribution >= 4 is 16.8 Å². The van der Waals surface area contributed by atoms with Crippen molar-refractivity contribution in [2.75, 3.05) is 6.61 Å². The van der Waals surface area contributed by atoms with Crippen molar-refractivity contribution in [2.24, 2.45) is 0 Å².